The summed E-state index contributed by atoms with van der Waals surface area (Å²) in [7, 11) is 0. The van der Waals surface area contributed by atoms with Crippen LogP contribution in [0, 0.1) is 0 Å². The van der Waals surface area contributed by atoms with E-state index in [0.717, 1.165) is 35.6 Å². The van der Waals surface area contributed by atoms with Gasteiger partial charge < -0.3 is 4.52 Å². The van der Waals surface area contributed by atoms with Crippen LogP contribution in [0.4, 0.5) is 0 Å². The van der Waals surface area contributed by atoms with Gasteiger partial charge in [-0.05, 0) is 31.5 Å². The Hall–Kier alpha value is -0.910. The molecule has 1 saturated heterocycles. The molecule has 3 rings (SSSR count). The molecule has 20 heavy (non-hydrogen) atoms. The van der Waals surface area contributed by atoms with Gasteiger partial charge in [0.15, 0.2) is 5.82 Å². The molecule has 2 aromatic heterocycles. The van der Waals surface area contributed by atoms with Crippen molar-refractivity contribution in [2.24, 2.45) is 0 Å². The highest BCUT2D eigenvalue weighted by molar-refractivity contribution is 7.16. The highest BCUT2D eigenvalue weighted by atomic mass is 35.5. The Morgan fingerprint density at radius 2 is 2.35 bits per heavy atom. The Labute approximate surface area is 127 Å². The van der Waals surface area contributed by atoms with Crippen molar-refractivity contribution in [1.29, 1.82) is 0 Å². The van der Waals surface area contributed by atoms with Crippen molar-refractivity contribution in [2.75, 3.05) is 6.54 Å². The van der Waals surface area contributed by atoms with Gasteiger partial charge in [-0.15, -0.1) is 11.3 Å². The third-order valence-electron chi connectivity index (χ3n) is 3.61. The predicted molar refractivity (Wildman–Crippen MR) is 80.1 cm³/mol. The summed E-state index contributed by atoms with van der Waals surface area (Å²) in [6.07, 6.45) is 2.25. The van der Waals surface area contributed by atoms with E-state index in [9.17, 15) is 0 Å². The van der Waals surface area contributed by atoms with Crippen molar-refractivity contribution in [2.45, 2.75) is 45.2 Å². The lowest BCUT2D eigenvalue weighted by Gasteiger charge is -2.20. The second-order valence-corrected chi connectivity index (χ2v) is 7.28. The van der Waals surface area contributed by atoms with Gasteiger partial charge in [-0.1, -0.05) is 30.6 Å². The number of thiophene rings is 1. The summed E-state index contributed by atoms with van der Waals surface area (Å²) in [4.78, 5) is 8.23. The van der Waals surface area contributed by atoms with Crippen LogP contribution in [0.5, 0.6) is 0 Å². The molecule has 0 amide bonds. The van der Waals surface area contributed by atoms with Crippen LogP contribution < -0.4 is 0 Å². The lowest BCUT2D eigenvalue weighted by molar-refractivity contribution is 0.202. The maximum atomic E-state index is 6.00. The SMILES string of the molecule is CC(C)c1noc([C@@H]2CCCN2Cc2ccc(Cl)s2)n1. The van der Waals surface area contributed by atoms with Gasteiger partial charge in [0.05, 0.1) is 10.4 Å². The van der Waals surface area contributed by atoms with Crippen LogP contribution in [-0.4, -0.2) is 21.6 Å². The summed E-state index contributed by atoms with van der Waals surface area (Å²) >= 11 is 7.64. The van der Waals surface area contributed by atoms with Crippen LogP contribution in [0.15, 0.2) is 16.7 Å². The van der Waals surface area contributed by atoms with E-state index in [1.54, 1.807) is 11.3 Å². The highest BCUT2D eigenvalue weighted by Crippen LogP contribution is 2.34. The molecule has 0 bridgehead atoms. The van der Waals surface area contributed by atoms with Gasteiger partial charge in [0, 0.05) is 17.3 Å². The van der Waals surface area contributed by atoms with E-state index in [4.69, 9.17) is 16.1 Å². The van der Waals surface area contributed by atoms with Crippen LogP contribution in [0.25, 0.3) is 0 Å². The standard InChI is InChI=1S/C14H18ClN3OS/c1-9(2)13-16-14(19-17-13)11-4-3-7-18(11)8-10-5-6-12(15)20-10/h5-6,9,11H,3-4,7-8H2,1-2H3/t11-/m0/s1. The van der Waals surface area contributed by atoms with E-state index < -0.39 is 0 Å². The zero-order valence-electron chi connectivity index (χ0n) is 11.7. The zero-order valence-corrected chi connectivity index (χ0v) is 13.2. The summed E-state index contributed by atoms with van der Waals surface area (Å²) < 4.78 is 6.30. The van der Waals surface area contributed by atoms with Crippen LogP contribution in [0.1, 0.15) is 55.2 Å². The molecule has 108 valence electrons. The van der Waals surface area contributed by atoms with Gasteiger partial charge in [-0.3, -0.25) is 4.90 Å². The van der Waals surface area contributed by atoms with E-state index in [2.05, 4.69) is 35.0 Å². The maximum absolute atomic E-state index is 6.00. The van der Waals surface area contributed by atoms with Gasteiger partial charge in [-0.2, -0.15) is 4.98 Å². The number of nitrogens with zero attached hydrogens (tertiary/aromatic N) is 3. The van der Waals surface area contributed by atoms with E-state index in [1.807, 2.05) is 6.07 Å². The minimum Gasteiger partial charge on any atom is -0.338 e. The van der Waals surface area contributed by atoms with Crippen LogP contribution in [-0.2, 0) is 6.54 Å². The molecule has 4 nitrogen and oxygen atoms in total. The monoisotopic (exact) mass is 311 g/mol. The van der Waals surface area contributed by atoms with Gasteiger partial charge >= 0.3 is 0 Å². The third-order valence-corrected chi connectivity index (χ3v) is 4.83. The predicted octanol–water partition coefficient (Wildman–Crippen LogP) is 4.25. The molecule has 6 heteroatoms. The van der Waals surface area contributed by atoms with Crippen molar-refractivity contribution in [1.82, 2.24) is 15.0 Å². The van der Waals surface area contributed by atoms with Crippen molar-refractivity contribution >= 4 is 22.9 Å². The first-order valence-electron chi connectivity index (χ1n) is 6.95. The summed E-state index contributed by atoms with van der Waals surface area (Å²) in [6.45, 7) is 6.13. The first-order valence-corrected chi connectivity index (χ1v) is 8.14. The van der Waals surface area contributed by atoms with Crippen LogP contribution in [0.3, 0.4) is 0 Å². The average molecular weight is 312 g/mol. The fraction of sp³-hybridized carbons (Fsp3) is 0.571. The fourth-order valence-electron chi connectivity index (χ4n) is 2.55. The Morgan fingerprint density at radius 1 is 1.50 bits per heavy atom. The number of likely N-dealkylation sites (tertiary alicyclic amines) is 1. The van der Waals surface area contributed by atoms with Crippen molar-refractivity contribution in [3.8, 4) is 0 Å². The van der Waals surface area contributed by atoms with Gasteiger partial charge in [0.2, 0.25) is 5.89 Å². The van der Waals surface area contributed by atoms with Crippen molar-refractivity contribution in [3.63, 3.8) is 0 Å². The third kappa shape index (κ3) is 2.90. The molecule has 2 aromatic rings. The zero-order chi connectivity index (χ0) is 14.1. The summed E-state index contributed by atoms with van der Waals surface area (Å²) in [6, 6.07) is 4.29. The lowest BCUT2D eigenvalue weighted by atomic mass is 10.2. The number of hydrogen-bond donors (Lipinski definition) is 0. The minimum absolute atomic E-state index is 0.246. The van der Waals surface area contributed by atoms with Crippen molar-refractivity contribution < 1.29 is 4.52 Å². The quantitative estimate of drug-likeness (QED) is 0.846. The maximum Gasteiger partial charge on any atom is 0.244 e. The number of halogens is 1. The summed E-state index contributed by atoms with van der Waals surface area (Å²) in [5.41, 5.74) is 0. The Bertz CT molecular complexity index is 580. The molecule has 1 aliphatic rings. The summed E-state index contributed by atoms with van der Waals surface area (Å²) in [5, 5.41) is 4.07. The molecular formula is C14H18ClN3OS. The molecule has 1 atom stereocenters. The normalized spacial score (nSPS) is 20.1. The molecule has 1 aliphatic heterocycles. The van der Waals surface area contributed by atoms with E-state index in [1.165, 1.54) is 11.3 Å². The fourth-order valence-corrected chi connectivity index (χ4v) is 3.66. The lowest BCUT2D eigenvalue weighted by Crippen LogP contribution is -2.22. The van der Waals surface area contributed by atoms with Crippen LogP contribution in [0.2, 0.25) is 4.34 Å². The number of hydrogen-bond acceptors (Lipinski definition) is 5. The number of rotatable bonds is 4. The van der Waals surface area contributed by atoms with Crippen LogP contribution >= 0.6 is 22.9 Å². The Kier molecular flexibility index (Phi) is 4.10. The number of aromatic nitrogens is 2. The smallest absolute Gasteiger partial charge is 0.244 e. The molecule has 3 heterocycles. The highest BCUT2D eigenvalue weighted by Gasteiger charge is 2.31. The van der Waals surface area contributed by atoms with Gasteiger partial charge in [0.25, 0.3) is 0 Å². The average Bonchev–Trinajstić information content (AvgIpc) is 3.10. The Morgan fingerprint density at radius 3 is 3.00 bits per heavy atom. The largest absolute Gasteiger partial charge is 0.338 e. The molecule has 1 fully saturated rings. The molecular weight excluding hydrogens is 294 g/mol. The molecule has 0 aromatic carbocycles. The minimum atomic E-state index is 0.246. The van der Waals surface area contributed by atoms with Crippen molar-refractivity contribution in [3.05, 3.63) is 33.1 Å². The molecule has 0 aliphatic carbocycles. The molecule has 0 radical (unpaired) electrons. The summed E-state index contributed by atoms with van der Waals surface area (Å²) in [5.74, 6) is 1.86. The second-order valence-electron chi connectivity index (χ2n) is 5.48. The topological polar surface area (TPSA) is 42.2 Å². The van der Waals surface area contributed by atoms with E-state index in [0.29, 0.717) is 5.92 Å². The van der Waals surface area contributed by atoms with Gasteiger partial charge in [-0.25, -0.2) is 0 Å². The van der Waals surface area contributed by atoms with E-state index in [-0.39, 0.29) is 6.04 Å². The van der Waals surface area contributed by atoms with Gasteiger partial charge in [0.1, 0.15) is 0 Å². The molecule has 0 N–H and O–H groups in total. The van der Waals surface area contributed by atoms with E-state index >= 15 is 0 Å². The molecule has 0 saturated carbocycles. The Balaban J connectivity index is 1.74. The molecule has 0 spiro atoms. The second kappa shape index (κ2) is 5.84. The molecule has 0 unspecified atom stereocenters. The first-order chi connectivity index (χ1) is 9.63. The first kappa shape index (κ1) is 14.0.